The van der Waals surface area contributed by atoms with E-state index in [0.717, 1.165) is 12.1 Å². The zero-order valence-electron chi connectivity index (χ0n) is 7.89. The van der Waals surface area contributed by atoms with E-state index in [-0.39, 0.29) is 6.61 Å². The summed E-state index contributed by atoms with van der Waals surface area (Å²) < 4.78 is 37.3. The SMILES string of the molecule is Cc1cc(C(F)(F)F)c(C#N)cc1CO. The van der Waals surface area contributed by atoms with Gasteiger partial charge < -0.3 is 5.11 Å². The fourth-order valence-corrected chi connectivity index (χ4v) is 1.25. The van der Waals surface area contributed by atoms with E-state index < -0.39 is 17.3 Å². The first-order valence-corrected chi connectivity index (χ1v) is 4.12. The van der Waals surface area contributed by atoms with E-state index >= 15 is 0 Å². The Labute approximate surface area is 84.6 Å². The number of benzene rings is 1. The number of hydrogen-bond acceptors (Lipinski definition) is 2. The van der Waals surface area contributed by atoms with E-state index in [1.165, 1.54) is 13.0 Å². The summed E-state index contributed by atoms with van der Waals surface area (Å²) in [5.74, 6) is 0. The fourth-order valence-electron chi connectivity index (χ4n) is 1.25. The molecule has 0 aromatic heterocycles. The zero-order valence-corrected chi connectivity index (χ0v) is 7.89. The number of hydrogen-bond donors (Lipinski definition) is 1. The third kappa shape index (κ3) is 2.28. The number of aryl methyl sites for hydroxylation is 1. The molecule has 0 spiro atoms. The van der Waals surface area contributed by atoms with E-state index in [2.05, 4.69) is 0 Å². The van der Waals surface area contributed by atoms with Gasteiger partial charge in [-0.2, -0.15) is 18.4 Å². The highest BCUT2D eigenvalue weighted by molar-refractivity contribution is 5.45. The lowest BCUT2D eigenvalue weighted by molar-refractivity contribution is -0.137. The molecule has 0 unspecified atom stereocenters. The van der Waals surface area contributed by atoms with Crippen LogP contribution in [0.5, 0.6) is 0 Å². The first-order valence-electron chi connectivity index (χ1n) is 4.12. The van der Waals surface area contributed by atoms with Crippen LogP contribution in [0.1, 0.15) is 22.3 Å². The van der Waals surface area contributed by atoms with Gasteiger partial charge in [-0.05, 0) is 30.2 Å². The second-order valence-corrected chi connectivity index (χ2v) is 3.09. The molecule has 0 saturated carbocycles. The van der Waals surface area contributed by atoms with Gasteiger partial charge in [0.25, 0.3) is 0 Å². The maximum absolute atomic E-state index is 12.4. The van der Waals surface area contributed by atoms with Crippen molar-refractivity contribution in [2.75, 3.05) is 0 Å². The smallest absolute Gasteiger partial charge is 0.392 e. The largest absolute Gasteiger partial charge is 0.417 e. The van der Waals surface area contributed by atoms with Crippen molar-refractivity contribution in [3.05, 3.63) is 34.4 Å². The van der Waals surface area contributed by atoms with Crippen molar-refractivity contribution in [2.45, 2.75) is 19.7 Å². The third-order valence-electron chi connectivity index (χ3n) is 2.07. The molecule has 0 fully saturated rings. The van der Waals surface area contributed by atoms with Gasteiger partial charge >= 0.3 is 6.18 Å². The van der Waals surface area contributed by atoms with Crippen molar-refractivity contribution in [2.24, 2.45) is 0 Å². The summed E-state index contributed by atoms with van der Waals surface area (Å²) in [6.45, 7) is 1.08. The van der Waals surface area contributed by atoms with Crippen molar-refractivity contribution >= 4 is 0 Å². The van der Waals surface area contributed by atoms with Crippen LogP contribution in [0.25, 0.3) is 0 Å². The highest BCUT2D eigenvalue weighted by atomic mass is 19.4. The van der Waals surface area contributed by atoms with Crippen LogP contribution in [0.15, 0.2) is 12.1 Å². The molecule has 0 aliphatic rings. The van der Waals surface area contributed by atoms with Gasteiger partial charge in [0, 0.05) is 0 Å². The van der Waals surface area contributed by atoms with Gasteiger partial charge in [-0.15, -0.1) is 0 Å². The molecule has 1 N–H and O–H groups in total. The quantitative estimate of drug-likeness (QED) is 0.781. The van der Waals surface area contributed by atoms with Gasteiger partial charge in [-0.3, -0.25) is 0 Å². The van der Waals surface area contributed by atoms with Crippen molar-refractivity contribution < 1.29 is 18.3 Å². The van der Waals surface area contributed by atoms with Crippen molar-refractivity contribution in [3.8, 4) is 6.07 Å². The number of rotatable bonds is 1. The molecular weight excluding hydrogens is 207 g/mol. The fraction of sp³-hybridized carbons (Fsp3) is 0.300. The monoisotopic (exact) mass is 215 g/mol. The Morgan fingerprint density at radius 3 is 2.40 bits per heavy atom. The number of nitriles is 1. The summed E-state index contributed by atoms with van der Waals surface area (Å²) in [6.07, 6.45) is -4.54. The Balaban J connectivity index is 3.43. The molecule has 0 amide bonds. The molecule has 0 radical (unpaired) electrons. The summed E-state index contributed by atoms with van der Waals surface area (Å²) in [5, 5.41) is 17.4. The van der Waals surface area contributed by atoms with Crippen molar-refractivity contribution in [1.29, 1.82) is 5.26 Å². The summed E-state index contributed by atoms with van der Waals surface area (Å²) in [5.41, 5.74) is -0.764. The lowest BCUT2D eigenvalue weighted by atomic mass is 10.00. The van der Waals surface area contributed by atoms with Crippen LogP contribution in [-0.2, 0) is 12.8 Å². The van der Waals surface area contributed by atoms with Gasteiger partial charge in [0.2, 0.25) is 0 Å². The zero-order chi connectivity index (χ0) is 11.6. The van der Waals surface area contributed by atoms with Gasteiger partial charge in [0.05, 0.1) is 23.8 Å². The number of alkyl halides is 3. The molecule has 0 aliphatic heterocycles. The first kappa shape index (κ1) is 11.5. The van der Waals surface area contributed by atoms with E-state index in [1.54, 1.807) is 0 Å². The topological polar surface area (TPSA) is 44.0 Å². The lowest BCUT2D eigenvalue weighted by Crippen LogP contribution is -2.09. The molecule has 15 heavy (non-hydrogen) atoms. The molecule has 0 atom stereocenters. The molecule has 0 saturated heterocycles. The molecule has 1 aromatic carbocycles. The molecular formula is C10H8F3NO. The van der Waals surface area contributed by atoms with E-state index in [9.17, 15) is 13.2 Å². The lowest BCUT2D eigenvalue weighted by Gasteiger charge is -2.11. The average Bonchev–Trinajstić information content (AvgIpc) is 2.16. The molecule has 0 aliphatic carbocycles. The van der Waals surface area contributed by atoms with Crippen LogP contribution in [0.2, 0.25) is 0 Å². The van der Waals surface area contributed by atoms with Crippen LogP contribution in [-0.4, -0.2) is 5.11 Å². The number of aliphatic hydroxyl groups is 1. The molecule has 1 rings (SSSR count). The normalized spacial score (nSPS) is 11.2. The second kappa shape index (κ2) is 3.91. The number of aliphatic hydroxyl groups excluding tert-OH is 1. The third-order valence-corrected chi connectivity index (χ3v) is 2.07. The summed E-state index contributed by atoms with van der Waals surface area (Å²) in [6, 6.07) is 3.42. The molecule has 5 heteroatoms. The molecule has 0 heterocycles. The summed E-state index contributed by atoms with van der Waals surface area (Å²) >= 11 is 0. The summed E-state index contributed by atoms with van der Waals surface area (Å²) in [7, 11) is 0. The minimum Gasteiger partial charge on any atom is -0.392 e. The standard InChI is InChI=1S/C10H8F3NO/c1-6-2-9(10(11,12)13)7(4-14)3-8(6)5-15/h2-3,15H,5H2,1H3. The van der Waals surface area contributed by atoms with Crippen LogP contribution >= 0.6 is 0 Å². The first-order chi connectivity index (χ1) is 6.90. The second-order valence-electron chi connectivity index (χ2n) is 3.09. The van der Waals surface area contributed by atoms with Crippen LogP contribution < -0.4 is 0 Å². The van der Waals surface area contributed by atoms with E-state index in [4.69, 9.17) is 10.4 Å². The number of nitrogens with zero attached hydrogens (tertiary/aromatic N) is 1. The van der Waals surface area contributed by atoms with Crippen molar-refractivity contribution in [1.82, 2.24) is 0 Å². The Morgan fingerprint density at radius 1 is 1.40 bits per heavy atom. The molecule has 0 bridgehead atoms. The minimum atomic E-state index is -4.54. The van der Waals surface area contributed by atoms with Gasteiger partial charge in [-0.25, -0.2) is 0 Å². The van der Waals surface area contributed by atoms with E-state index in [1.807, 2.05) is 0 Å². The Hall–Kier alpha value is -1.54. The van der Waals surface area contributed by atoms with Gasteiger partial charge in [0.15, 0.2) is 0 Å². The predicted molar refractivity (Wildman–Crippen MR) is 46.8 cm³/mol. The molecule has 2 nitrogen and oxygen atoms in total. The van der Waals surface area contributed by atoms with Crippen LogP contribution in [0.3, 0.4) is 0 Å². The average molecular weight is 215 g/mol. The maximum Gasteiger partial charge on any atom is 0.417 e. The number of halogens is 3. The Bertz CT molecular complexity index is 418. The van der Waals surface area contributed by atoms with Gasteiger partial charge in [0.1, 0.15) is 0 Å². The Kier molecular flexibility index (Phi) is 3.01. The minimum absolute atomic E-state index is 0.323. The van der Waals surface area contributed by atoms with Crippen LogP contribution in [0, 0.1) is 18.3 Å². The highest BCUT2D eigenvalue weighted by Gasteiger charge is 2.34. The maximum atomic E-state index is 12.4. The molecule has 1 aromatic rings. The molecule has 80 valence electrons. The van der Waals surface area contributed by atoms with Crippen molar-refractivity contribution in [3.63, 3.8) is 0 Å². The highest BCUT2D eigenvalue weighted by Crippen LogP contribution is 2.33. The van der Waals surface area contributed by atoms with E-state index in [0.29, 0.717) is 11.1 Å². The van der Waals surface area contributed by atoms with Crippen LogP contribution in [0.4, 0.5) is 13.2 Å². The Morgan fingerprint density at radius 2 is 2.00 bits per heavy atom. The predicted octanol–water partition coefficient (Wildman–Crippen LogP) is 2.38. The summed E-state index contributed by atoms with van der Waals surface area (Å²) in [4.78, 5) is 0. The van der Waals surface area contributed by atoms with Gasteiger partial charge in [-0.1, -0.05) is 0 Å².